The van der Waals surface area contributed by atoms with Gasteiger partial charge in [-0.25, -0.2) is 4.68 Å². The quantitative estimate of drug-likeness (QED) is 0.796. The van der Waals surface area contributed by atoms with Crippen molar-refractivity contribution in [1.82, 2.24) is 9.78 Å². The van der Waals surface area contributed by atoms with Gasteiger partial charge in [0.1, 0.15) is 5.82 Å². The minimum absolute atomic E-state index is 1.06. The lowest BCUT2D eigenvalue weighted by Gasteiger charge is -2.28. The monoisotopic (exact) mass is 237 g/mol. The molecule has 1 aliphatic heterocycles. The minimum atomic E-state index is 1.06. The summed E-state index contributed by atoms with van der Waals surface area (Å²) < 4.78 is 2.16. The molecule has 3 heteroatoms. The maximum absolute atomic E-state index is 4.40. The first-order valence-electron chi connectivity index (χ1n) is 7.18. The van der Waals surface area contributed by atoms with Gasteiger partial charge in [-0.1, -0.05) is 27.2 Å². The molecule has 1 aromatic rings. The SMILES string of the molecule is CC.CCCCn1nccc1N1CCCCC1. The Bertz CT molecular complexity index is 287. The van der Waals surface area contributed by atoms with Gasteiger partial charge in [0.05, 0.1) is 6.20 Å². The highest BCUT2D eigenvalue weighted by Gasteiger charge is 2.14. The minimum Gasteiger partial charge on any atom is -0.357 e. The van der Waals surface area contributed by atoms with Crippen molar-refractivity contribution in [1.29, 1.82) is 0 Å². The first-order chi connectivity index (χ1) is 8.42. The van der Waals surface area contributed by atoms with E-state index in [9.17, 15) is 0 Å². The van der Waals surface area contributed by atoms with Crippen LogP contribution in [0, 0.1) is 0 Å². The van der Waals surface area contributed by atoms with Gasteiger partial charge in [0.25, 0.3) is 0 Å². The first kappa shape index (κ1) is 14.1. The summed E-state index contributed by atoms with van der Waals surface area (Å²) in [6.07, 6.45) is 8.44. The van der Waals surface area contributed by atoms with E-state index in [1.165, 1.54) is 51.0 Å². The van der Waals surface area contributed by atoms with Crippen LogP contribution in [0.4, 0.5) is 5.82 Å². The number of anilines is 1. The molecular weight excluding hydrogens is 210 g/mol. The molecule has 0 atom stereocenters. The summed E-state index contributed by atoms with van der Waals surface area (Å²) in [5.41, 5.74) is 0. The Morgan fingerprint density at radius 2 is 1.88 bits per heavy atom. The number of hydrogen-bond acceptors (Lipinski definition) is 2. The van der Waals surface area contributed by atoms with Gasteiger partial charge in [-0.2, -0.15) is 5.10 Å². The summed E-state index contributed by atoms with van der Waals surface area (Å²) in [5, 5.41) is 4.40. The van der Waals surface area contributed by atoms with E-state index in [1.807, 2.05) is 20.0 Å². The smallest absolute Gasteiger partial charge is 0.126 e. The fourth-order valence-electron chi connectivity index (χ4n) is 2.20. The summed E-state index contributed by atoms with van der Waals surface area (Å²) in [7, 11) is 0. The average Bonchev–Trinajstić information content (AvgIpc) is 2.88. The van der Waals surface area contributed by atoms with E-state index in [4.69, 9.17) is 0 Å². The topological polar surface area (TPSA) is 21.1 Å². The van der Waals surface area contributed by atoms with Crippen LogP contribution in [0.5, 0.6) is 0 Å². The van der Waals surface area contributed by atoms with Gasteiger partial charge in [0, 0.05) is 25.7 Å². The van der Waals surface area contributed by atoms with Crippen LogP contribution in [0.15, 0.2) is 12.3 Å². The predicted molar refractivity (Wildman–Crippen MR) is 74.5 cm³/mol. The Balaban J connectivity index is 0.000000686. The molecule has 2 rings (SSSR count). The highest BCUT2D eigenvalue weighted by atomic mass is 15.4. The zero-order chi connectivity index (χ0) is 12.5. The van der Waals surface area contributed by atoms with E-state index < -0.39 is 0 Å². The Morgan fingerprint density at radius 3 is 2.53 bits per heavy atom. The lowest BCUT2D eigenvalue weighted by atomic mass is 10.1. The van der Waals surface area contributed by atoms with E-state index >= 15 is 0 Å². The normalized spacial score (nSPS) is 15.4. The van der Waals surface area contributed by atoms with Gasteiger partial charge < -0.3 is 4.90 Å². The highest BCUT2D eigenvalue weighted by molar-refractivity contribution is 5.38. The van der Waals surface area contributed by atoms with E-state index in [0.717, 1.165) is 6.54 Å². The maximum Gasteiger partial charge on any atom is 0.126 e. The van der Waals surface area contributed by atoms with E-state index in [1.54, 1.807) is 0 Å². The molecule has 1 saturated heterocycles. The second-order valence-electron chi connectivity index (χ2n) is 4.31. The fourth-order valence-corrected chi connectivity index (χ4v) is 2.20. The van der Waals surface area contributed by atoms with Crippen molar-refractivity contribution < 1.29 is 0 Å². The van der Waals surface area contributed by atoms with Crippen LogP contribution >= 0.6 is 0 Å². The predicted octanol–water partition coefficient (Wildman–Crippen LogP) is 3.70. The zero-order valence-corrected chi connectivity index (χ0v) is 11.7. The Labute approximate surface area is 106 Å². The molecule has 0 N–H and O–H groups in total. The second-order valence-corrected chi connectivity index (χ2v) is 4.31. The third kappa shape index (κ3) is 4.06. The van der Waals surface area contributed by atoms with Crippen LogP contribution in [-0.2, 0) is 6.54 Å². The van der Waals surface area contributed by atoms with Crippen LogP contribution in [0.1, 0.15) is 52.9 Å². The summed E-state index contributed by atoms with van der Waals surface area (Å²) in [4.78, 5) is 2.48. The highest BCUT2D eigenvalue weighted by Crippen LogP contribution is 2.19. The molecule has 17 heavy (non-hydrogen) atoms. The lowest BCUT2D eigenvalue weighted by molar-refractivity contribution is 0.528. The molecular formula is C14H27N3. The first-order valence-corrected chi connectivity index (χ1v) is 7.18. The van der Waals surface area contributed by atoms with Crippen LogP contribution in [0.3, 0.4) is 0 Å². The fraction of sp³-hybridized carbons (Fsp3) is 0.786. The average molecular weight is 237 g/mol. The standard InChI is InChI=1S/C12H21N3.C2H6/c1-2-3-11-15-12(7-8-13-15)14-9-5-4-6-10-14;1-2/h7-8H,2-6,9-11H2,1H3;1-2H3. The van der Waals surface area contributed by atoms with Crippen LogP contribution in [0.25, 0.3) is 0 Å². The summed E-state index contributed by atoms with van der Waals surface area (Å²) in [6.45, 7) is 9.70. The van der Waals surface area contributed by atoms with Crippen molar-refractivity contribution in [3.05, 3.63) is 12.3 Å². The molecule has 2 heterocycles. The number of aryl methyl sites for hydroxylation is 1. The molecule has 0 unspecified atom stereocenters. The molecule has 0 saturated carbocycles. The van der Waals surface area contributed by atoms with Gasteiger partial charge in [-0.3, -0.25) is 0 Å². The van der Waals surface area contributed by atoms with Gasteiger partial charge in [-0.15, -0.1) is 0 Å². The van der Waals surface area contributed by atoms with Gasteiger partial charge in [-0.05, 0) is 25.7 Å². The van der Waals surface area contributed by atoms with E-state index in [-0.39, 0.29) is 0 Å². The molecule has 0 aliphatic carbocycles. The number of aromatic nitrogens is 2. The molecule has 0 radical (unpaired) electrons. The molecule has 3 nitrogen and oxygen atoms in total. The van der Waals surface area contributed by atoms with Crippen molar-refractivity contribution in [2.24, 2.45) is 0 Å². The van der Waals surface area contributed by atoms with Crippen molar-refractivity contribution in [3.8, 4) is 0 Å². The Morgan fingerprint density at radius 1 is 1.18 bits per heavy atom. The van der Waals surface area contributed by atoms with Crippen molar-refractivity contribution in [3.63, 3.8) is 0 Å². The summed E-state index contributed by atoms with van der Waals surface area (Å²) in [6, 6.07) is 2.15. The molecule has 1 aliphatic rings. The van der Waals surface area contributed by atoms with Crippen LogP contribution in [0.2, 0.25) is 0 Å². The second kappa shape index (κ2) is 8.15. The third-order valence-electron chi connectivity index (χ3n) is 3.10. The Hall–Kier alpha value is -0.990. The number of nitrogens with zero attached hydrogens (tertiary/aromatic N) is 3. The number of unbranched alkanes of at least 4 members (excludes halogenated alkanes) is 1. The lowest BCUT2D eigenvalue weighted by Crippen LogP contribution is -2.31. The van der Waals surface area contributed by atoms with Gasteiger partial charge >= 0.3 is 0 Å². The van der Waals surface area contributed by atoms with Crippen molar-refractivity contribution in [2.75, 3.05) is 18.0 Å². The van der Waals surface area contributed by atoms with Gasteiger partial charge in [0.15, 0.2) is 0 Å². The number of piperidine rings is 1. The molecule has 0 aromatic carbocycles. The van der Waals surface area contributed by atoms with Crippen molar-refractivity contribution in [2.45, 2.75) is 59.4 Å². The molecule has 0 bridgehead atoms. The molecule has 1 aromatic heterocycles. The van der Waals surface area contributed by atoms with Crippen LogP contribution < -0.4 is 4.90 Å². The molecule has 0 spiro atoms. The van der Waals surface area contributed by atoms with Gasteiger partial charge in [0.2, 0.25) is 0 Å². The number of rotatable bonds is 4. The van der Waals surface area contributed by atoms with Crippen molar-refractivity contribution >= 4 is 5.82 Å². The third-order valence-corrected chi connectivity index (χ3v) is 3.10. The molecule has 1 fully saturated rings. The Kier molecular flexibility index (Phi) is 6.75. The van der Waals surface area contributed by atoms with E-state index in [2.05, 4.69) is 27.7 Å². The maximum atomic E-state index is 4.40. The zero-order valence-electron chi connectivity index (χ0n) is 11.7. The molecule has 98 valence electrons. The van der Waals surface area contributed by atoms with Crippen LogP contribution in [-0.4, -0.2) is 22.9 Å². The van der Waals surface area contributed by atoms with E-state index in [0.29, 0.717) is 0 Å². The largest absolute Gasteiger partial charge is 0.357 e. The molecule has 0 amide bonds. The summed E-state index contributed by atoms with van der Waals surface area (Å²) >= 11 is 0. The number of hydrogen-bond donors (Lipinski definition) is 0. The summed E-state index contributed by atoms with van der Waals surface area (Å²) in [5.74, 6) is 1.32.